The summed E-state index contributed by atoms with van der Waals surface area (Å²) in [4.78, 5) is 49.6. The predicted octanol–water partition coefficient (Wildman–Crippen LogP) is 3.77. The number of carboxylic acids is 2. The highest BCUT2D eigenvalue weighted by molar-refractivity contribution is 5.87. The van der Waals surface area contributed by atoms with Crippen molar-refractivity contribution in [1.29, 1.82) is 0 Å². The molecule has 0 aromatic rings. The fourth-order valence-electron chi connectivity index (χ4n) is 9.18. The van der Waals surface area contributed by atoms with Crippen molar-refractivity contribution < 1.29 is 29.4 Å². The van der Waals surface area contributed by atoms with Gasteiger partial charge in [0.2, 0.25) is 11.8 Å². The first-order valence-electron chi connectivity index (χ1n) is 15.2. The van der Waals surface area contributed by atoms with E-state index in [0.29, 0.717) is 11.8 Å². The van der Waals surface area contributed by atoms with Gasteiger partial charge in [-0.15, -0.1) is 0 Å². The van der Waals surface area contributed by atoms with Crippen LogP contribution in [0.5, 0.6) is 0 Å². The fraction of sp³-hybridized carbons (Fsp3) is 0.742. The van der Waals surface area contributed by atoms with Gasteiger partial charge in [-0.3, -0.25) is 19.2 Å². The maximum atomic E-state index is 13.0. The molecule has 0 heterocycles. The lowest BCUT2D eigenvalue weighted by molar-refractivity contribution is -0.148. The quantitative estimate of drug-likeness (QED) is 0.348. The molecule has 4 fully saturated rings. The summed E-state index contributed by atoms with van der Waals surface area (Å²) in [5.41, 5.74) is 0. The SMILES string of the molecule is O=C(NC1CCC(CC2CCC(NC(=O)[C@@H]3[C@H](C(=O)O)[C@H]4C=C[C@H]3C4)CC2)CC1)[C@@H]1[C@H](C(=O)O)[C@H]2C=C[C@H]1C2. The molecular weight excluding hydrogens is 496 g/mol. The lowest BCUT2D eigenvalue weighted by Gasteiger charge is -2.35. The topological polar surface area (TPSA) is 133 Å². The van der Waals surface area contributed by atoms with Gasteiger partial charge in [0.15, 0.2) is 0 Å². The Balaban J connectivity index is 0.912. The zero-order valence-electron chi connectivity index (χ0n) is 22.5. The van der Waals surface area contributed by atoms with Crippen molar-refractivity contribution in [3.8, 4) is 0 Å². The van der Waals surface area contributed by atoms with Crippen molar-refractivity contribution in [3.63, 3.8) is 0 Å². The largest absolute Gasteiger partial charge is 0.481 e. The minimum absolute atomic E-state index is 0.000903. The van der Waals surface area contributed by atoms with Gasteiger partial charge in [0.05, 0.1) is 23.7 Å². The smallest absolute Gasteiger partial charge is 0.307 e. The van der Waals surface area contributed by atoms with E-state index in [2.05, 4.69) is 10.6 Å². The minimum atomic E-state index is -0.850. The van der Waals surface area contributed by atoms with E-state index in [0.717, 1.165) is 64.2 Å². The number of carbonyl (C=O) groups is 4. The Hall–Kier alpha value is -2.64. The maximum Gasteiger partial charge on any atom is 0.307 e. The van der Waals surface area contributed by atoms with Crippen LogP contribution >= 0.6 is 0 Å². The van der Waals surface area contributed by atoms with Gasteiger partial charge < -0.3 is 20.8 Å². The Morgan fingerprint density at radius 3 is 1.21 bits per heavy atom. The highest BCUT2D eigenvalue weighted by atomic mass is 16.4. The van der Waals surface area contributed by atoms with E-state index in [-0.39, 0.29) is 47.6 Å². The Morgan fingerprint density at radius 1 is 0.538 bits per heavy atom. The van der Waals surface area contributed by atoms with E-state index in [1.54, 1.807) is 0 Å². The number of carbonyl (C=O) groups excluding carboxylic acids is 2. The molecule has 0 aromatic heterocycles. The molecule has 0 spiro atoms. The van der Waals surface area contributed by atoms with Crippen molar-refractivity contribution >= 4 is 23.8 Å². The molecule has 6 aliphatic carbocycles. The summed E-state index contributed by atoms with van der Waals surface area (Å²) in [5.74, 6) is -2.42. The third-order valence-corrected chi connectivity index (χ3v) is 11.1. The molecule has 212 valence electrons. The van der Waals surface area contributed by atoms with Crippen LogP contribution in [-0.4, -0.2) is 46.0 Å². The molecule has 39 heavy (non-hydrogen) atoms. The van der Waals surface area contributed by atoms with Gasteiger partial charge >= 0.3 is 11.9 Å². The standard InChI is InChI=1S/C31H42N2O6/c34-28(24-18-5-7-20(14-18)26(24)30(36)37)32-22-9-1-16(2-10-22)13-17-3-11-23(12-4-17)33-29(35)25-19-6-8-21(15-19)27(25)31(38)39/h5-8,16-27H,1-4,9-15H2,(H,32,34)(H,33,35)(H,36,37)(H,38,39)/t16?,17?,18-,19-,20-,21-,22?,23?,24-,25-,26+,27+/m0/s1. The van der Waals surface area contributed by atoms with Crippen LogP contribution in [0.15, 0.2) is 24.3 Å². The van der Waals surface area contributed by atoms with E-state index in [1.807, 2.05) is 24.3 Å². The highest BCUT2D eigenvalue weighted by Crippen LogP contribution is 2.49. The van der Waals surface area contributed by atoms with Crippen LogP contribution in [0.4, 0.5) is 0 Å². The van der Waals surface area contributed by atoms with Gasteiger partial charge in [-0.25, -0.2) is 0 Å². The first-order chi connectivity index (χ1) is 18.8. The van der Waals surface area contributed by atoms with E-state index < -0.39 is 35.6 Å². The molecule has 8 nitrogen and oxygen atoms in total. The Kier molecular flexibility index (Phi) is 7.32. The number of hydrogen-bond acceptors (Lipinski definition) is 4. The van der Waals surface area contributed by atoms with Gasteiger partial charge in [0, 0.05) is 12.1 Å². The number of nitrogens with one attached hydrogen (secondary N) is 2. The first kappa shape index (κ1) is 26.6. The third kappa shape index (κ3) is 5.16. The lowest BCUT2D eigenvalue weighted by atomic mass is 9.75. The Bertz CT molecular complexity index is 971. The van der Waals surface area contributed by atoms with Crippen LogP contribution in [0.25, 0.3) is 0 Å². The lowest BCUT2D eigenvalue weighted by Crippen LogP contribution is -2.46. The molecule has 0 aliphatic heterocycles. The van der Waals surface area contributed by atoms with Gasteiger partial charge in [-0.1, -0.05) is 24.3 Å². The molecular formula is C31H42N2O6. The second-order valence-corrected chi connectivity index (χ2v) is 13.4. The van der Waals surface area contributed by atoms with Crippen molar-refractivity contribution in [2.75, 3.05) is 0 Å². The van der Waals surface area contributed by atoms with Crippen molar-refractivity contribution in [3.05, 3.63) is 24.3 Å². The predicted molar refractivity (Wildman–Crippen MR) is 143 cm³/mol. The van der Waals surface area contributed by atoms with E-state index >= 15 is 0 Å². The zero-order chi connectivity index (χ0) is 27.3. The van der Waals surface area contributed by atoms with Crippen molar-refractivity contribution in [1.82, 2.24) is 10.6 Å². The molecule has 4 bridgehead atoms. The summed E-state index contributed by atoms with van der Waals surface area (Å²) in [6.45, 7) is 0. The summed E-state index contributed by atoms with van der Waals surface area (Å²) in [6.07, 6.45) is 19.0. The molecule has 8 heteroatoms. The van der Waals surface area contributed by atoms with Crippen LogP contribution in [0.2, 0.25) is 0 Å². The molecule has 0 saturated heterocycles. The highest BCUT2D eigenvalue weighted by Gasteiger charge is 2.53. The zero-order valence-corrected chi connectivity index (χ0v) is 22.5. The average molecular weight is 539 g/mol. The maximum absolute atomic E-state index is 13.0. The average Bonchev–Trinajstić information content (AvgIpc) is 3.71. The van der Waals surface area contributed by atoms with Crippen LogP contribution in [-0.2, 0) is 19.2 Å². The summed E-state index contributed by atoms with van der Waals surface area (Å²) in [7, 11) is 0. The van der Waals surface area contributed by atoms with Crippen LogP contribution in [0.3, 0.4) is 0 Å². The molecule has 2 amide bonds. The Labute approximate surface area is 230 Å². The number of aliphatic carboxylic acids is 2. The normalized spacial score (nSPS) is 43.9. The van der Waals surface area contributed by atoms with Crippen LogP contribution < -0.4 is 10.6 Å². The molecule has 6 aliphatic rings. The molecule has 6 rings (SSSR count). The molecule has 8 atom stereocenters. The molecule has 4 N–H and O–H groups in total. The first-order valence-corrected chi connectivity index (χ1v) is 15.2. The van der Waals surface area contributed by atoms with Gasteiger partial charge in [-0.2, -0.15) is 0 Å². The van der Waals surface area contributed by atoms with E-state index in [1.165, 1.54) is 6.42 Å². The van der Waals surface area contributed by atoms with E-state index in [9.17, 15) is 29.4 Å². The van der Waals surface area contributed by atoms with Crippen molar-refractivity contribution in [2.45, 2.75) is 82.7 Å². The monoisotopic (exact) mass is 538 g/mol. The van der Waals surface area contributed by atoms with E-state index in [4.69, 9.17) is 0 Å². The van der Waals surface area contributed by atoms with Crippen LogP contribution in [0, 0.1) is 59.2 Å². The molecule has 0 radical (unpaired) electrons. The van der Waals surface area contributed by atoms with Gasteiger partial charge in [-0.05, 0) is 106 Å². The fourth-order valence-corrected chi connectivity index (χ4v) is 9.18. The summed E-state index contributed by atoms with van der Waals surface area (Å²) >= 11 is 0. The summed E-state index contributed by atoms with van der Waals surface area (Å²) in [6, 6.07) is 0.292. The second-order valence-electron chi connectivity index (χ2n) is 13.4. The third-order valence-electron chi connectivity index (χ3n) is 11.1. The number of carboxylic acid groups (broad SMARTS) is 2. The number of hydrogen-bond donors (Lipinski definition) is 4. The molecule has 0 aromatic carbocycles. The Morgan fingerprint density at radius 2 is 0.872 bits per heavy atom. The minimum Gasteiger partial charge on any atom is -0.481 e. The summed E-state index contributed by atoms with van der Waals surface area (Å²) in [5, 5.41) is 25.7. The van der Waals surface area contributed by atoms with Crippen LogP contribution in [0.1, 0.15) is 70.6 Å². The van der Waals surface area contributed by atoms with Crippen molar-refractivity contribution in [2.24, 2.45) is 59.2 Å². The number of rotatable bonds is 8. The number of amides is 2. The second kappa shape index (κ2) is 10.7. The van der Waals surface area contributed by atoms with Gasteiger partial charge in [0.1, 0.15) is 0 Å². The molecule has 0 unspecified atom stereocenters. The van der Waals surface area contributed by atoms with Gasteiger partial charge in [0.25, 0.3) is 0 Å². The number of fused-ring (bicyclic) bond motifs is 4. The molecule has 4 saturated carbocycles. The number of allylic oxidation sites excluding steroid dienone is 4. The summed E-state index contributed by atoms with van der Waals surface area (Å²) < 4.78 is 0.